The molecule has 0 unspecified atom stereocenters. The van der Waals surface area contributed by atoms with Crippen LogP contribution in [-0.4, -0.2) is 22.6 Å². The molecule has 0 saturated carbocycles. The first kappa shape index (κ1) is 10.5. The van der Waals surface area contributed by atoms with Crippen molar-refractivity contribution in [2.24, 2.45) is 0 Å². The molecule has 2 nitrogen and oxygen atoms in total. The fraction of sp³-hybridized carbons (Fsp3) is 0.333. The summed E-state index contributed by atoms with van der Waals surface area (Å²) >= 11 is 1.26. The van der Waals surface area contributed by atoms with E-state index in [4.69, 9.17) is 10.2 Å². The average molecular weight is 202 g/mol. The minimum atomic E-state index is -0.343. The molecule has 2 N–H and O–H groups in total. The highest BCUT2D eigenvalue weighted by molar-refractivity contribution is 7.99. The zero-order chi connectivity index (χ0) is 9.68. The molecule has 1 aromatic carbocycles. The van der Waals surface area contributed by atoms with Crippen LogP contribution in [0.1, 0.15) is 5.56 Å². The third-order valence-corrected chi connectivity index (χ3v) is 2.56. The zero-order valence-electron chi connectivity index (χ0n) is 7.03. The van der Waals surface area contributed by atoms with Crippen LogP contribution in [0.25, 0.3) is 0 Å². The molecule has 13 heavy (non-hydrogen) atoms. The van der Waals surface area contributed by atoms with E-state index in [1.54, 1.807) is 12.1 Å². The predicted molar refractivity (Wildman–Crippen MR) is 50.1 cm³/mol. The van der Waals surface area contributed by atoms with Crippen molar-refractivity contribution < 1.29 is 14.6 Å². The maximum absolute atomic E-state index is 13.1. The Morgan fingerprint density at radius 1 is 1.31 bits per heavy atom. The molecule has 4 heteroatoms. The number of benzene rings is 1. The minimum Gasteiger partial charge on any atom is -0.396 e. The lowest BCUT2D eigenvalue weighted by atomic mass is 10.2. The van der Waals surface area contributed by atoms with Gasteiger partial charge < -0.3 is 10.2 Å². The normalized spacial score (nSPS) is 10.4. The molecule has 0 aromatic heterocycles. The van der Waals surface area contributed by atoms with Gasteiger partial charge in [-0.1, -0.05) is 6.07 Å². The molecule has 1 rings (SSSR count). The summed E-state index contributed by atoms with van der Waals surface area (Å²) in [4.78, 5) is 0.506. The van der Waals surface area contributed by atoms with Gasteiger partial charge in [0.25, 0.3) is 0 Å². The third kappa shape index (κ3) is 2.99. The lowest BCUT2D eigenvalue weighted by Gasteiger charge is -2.02. The molecule has 0 aliphatic carbocycles. The number of aliphatic hydroxyl groups excluding tert-OH is 2. The summed E-state index contributed by atoms with van der Waals surface area (Å²) in [6.07, 6.45) is 0. The van der Waals surface area contributed by atoms with Gasteiger partial charge in [0.1, 0.15) is 5.82 Å². The van der Waals surface area contributed by atoms with E-state index in [1.165, 1.54) is 17.8 Å². The molecule has 0 bridgehead atoms. The van der Waals surface area contributed by atoms with Gasteiger partial charge in [-0.3, -0.25) is 0 Å². The number of thioether (sulfide) groups is 1. The minimum absolute atomic E-state index is 0.0336. The fourth-order valence-electron chi connectivity index (χ4n) is 0.915. The summed E-state index contributed by atoms with van der Waals surface area (Å²) in [5.74, 6) is 0.139. The molecule has 1 aromatic rings. The lowest BCUT2D eigenvalue weighted by molar-refractivity contribution is 0.281. The van der Waals surface area contributed by atoms with Gasteiger partial charge >= 0.3 is 0 Å². The number of hydrogen-bond acceptors (Lipinski definition) is 3. The van der Waals surface area contributed by atoms with E-state index in [-0.39, 0.29) is 19.0 Å². The Hall–Kier alpha value is -0.580. The molecular weight excluding hydrogens is 191 g/mol. The molecule has 0 amide bonds. The highest BCUT2D eigenvalue weighted by atomic mass is 32.2. The van der Waals surface area contributed by atoms with Crippen LogP contribution in [0.2, 0.25) is 0 Å². The van der Waals surface area contributed by atoms with E-state index in [0.29, 0.717) is 16.2 Å². The molecule has 0 spiro atoms. The fourth-order valence-corrected chi connectivity index (χ4v) is 1.59. The van der Waals surface area contributed by atoms with E-state index < -0.39 is 0 Å². The van der Waals surface area contributed by atoms with E-state index in [2.05, 4.69) is 0 Å². The molecule has 0 atom stereocenters. The monoisotopic (exact) mass is 202 g/mol. The van der Waals surface area contributed by atoms with Crippen molar-refractivity contribution in [1.82, 2.24) is 0 Å². The number of hydrogen-bond donors (Lipinski definition) is 2. The average Bonchev–Trinajstić information content (AvgIpc) is 2.16. The first-order valence-electron chi connectivity index (χ1n) is 3.91. The molecule has 0 radical (unpaired) electrons. The third-order valence-electron chi connectivity index (χ3n) is 1.53. The van der Waals surface area contributed by atoms with Crippen molar-refractivity contribution in [3.8, 4) is 0 Å². The highest BCUT2D eigenvalue weighted by Gasteiger charge is 2.02. The Balaban J connectivity index is 2.73. The van der Waals surface area contributed by atoms with Crippen molar-refractivity contribution in [1.29, 1.82) is 0 Å². The van der Waals surface area contributed by atoms with E-state index in [0.717, 1.165) is 0 Å². The van der Waals surface area contributed by atoms with Crippen LogP contribution < -0.4 is 0 Å². The second-order valence-electron chi connectivity index (χ2n) is 2.49. The first-order valence-corrected chi connectivity index (χ1v) is 4.89. The maximum atomic E-state index is 13.1. The molecule has 0 fully saturated rings. The van der Waals surface area contributed by atoms with Crippen molar-refractivity contribution >= 4 is 11.8 Å². The standard InChI is InChI=1S/C9H11FO2S/c10-8-5-7(6-12)1-2-9(8)13-4-3-11/h1-2,5,11-12H,3-4,6H2. The molecule has 0 saturated heterocycles. The first-order chi connectivity index (χ1) is 6.27. The molecule has 72 valence electrons. The topological polar surface area (TPSA) is 40.5 Å². The van der Waals surface area contributed by atoms with Gasteiger partial charge in [-0.2, -0.15) is 0 Å². The summed E-state index contributed by atoms with van der Waals surface area (Å²) in [6.45, 7) is -0.117. The van der Waals surface area contributed by atoms with Crippen LogP contribution in [0.5, 0.6) is 0 Å². The van der Waals surface area contributed by atoms with Crippen LogP contribution in [0.15, 0.2) is 23.1 Å². The molecule has 0 aliphatic rings. The SMILES string of the molecule is OCCSc1ccc(CO)cc1F. The summed E-state index contributed by atoms with van der Waals surface area (Å²) in [6, 6.07) is 4.59. The quantitative estimate of drug-likeness (QED) is 0.725. The lowest BCUT2D eigenvalue weighted by Crippen LogP contribution is -1.90. The largest absolute Gasteiger partial charge is 0.396 e. The van der Waals surface area contributed by atoms with Crippen LogP contribution in [0.4, 0.5) is 4.39 Å². The molecule has 0 aliphatic heterocycles. The van der Waals surface area contributed by atoms with Gasteiger partial charge in [-0.15, -0.1) is 11.8 Å². The smallest absolute Gasteiger partial charge is 0.137 e. The Labute approximate surface area is 80.4 Å². The van der Waals surface area contributed by atoms with E-state index in [9.17, 15) is 4.39 Å². The van der Waals surface area contributed by atoms with Gasteiger partial charge in [0.2, 0.25) is 0 Å². The number of rotatable bonds is 4. The molecular formula is C9H11FO2S. The zero-order valence-corrected chi connectivity index (χ0v) is 7.85. The predicted octanol–water partition coefficient (Wildman–Crippen LogP) is 1.40. The summed E-state index contributed by atoms with van der Waals surface area (Å²) in [5, 5.41) is 17.3. The van der Waals surface area contributed by atoms with Gasteiger partial charge in [-0.25, -0.2) is 4.39 Å². The van der Waals surface area contributed by atoms with Crippen LogP contribution in [-0.2, 0) is 6.61 Å². The van der Waals surface area contributed by atoms with E-state index in [1.807, 2.05) is 0 Å². The van der Waals surface area contributed by atoms with E-state index >= 15 is 0 Å². The number of aliphatic hydroxyl groups is 2. The van der Waals surface area contributed by atoms with Gasteiger partial charge in [0, 0.05) is 10.6 Å². The van der Waals surface area contributed by atoms with Gasteiger partial charge in [0.15, 0.2) is 0 Å². The van der Waals surface area contributed by atoms with Crippen molar-refractivity contribution in [2.75, 3.05) is 12.4 Å². The van der Waals surface area contributed by atoms with Crippen LogP contribution in [0, 0.1) is 5.82 Å². The van der Waals surface area contributed by atoms with Crippen molar-refractivity contribution in [3.63, 3.8) is 0 Å². The van der Waals surface area contributed by atoms with Crippen molar-refractivity contribution in [3.05, 3.63) is 29.6 Å². The Morgan fingerprint density at radius 2 is 2.08 bits per heavy atom. The number of halogens is 1. The Kier molecular flexibility index (Phi) is 4.21. The summed E-state index contributed by atoms with van der Waals surface area (Å²) in [5.41, 5.74) is 0.561. The van der Waals surface area contributed by atoms with Crippen LogP contribution in [0.3, 0.4) is 0 Å². The summed E-state index contributed by atoms with van der Waals surface area (Å²) < 4.78 is 13.1. The summed E-state index contributed by atoms with van der Waals surface area (Å²) in [7, 11) is 0. The second-order valence-corrected chi connectivity index (χ2v) is 3.63. The Bertz CT molecular complexity index is 278. The Morgan fingerprint density at radius 3 is 2.62 bits per heavy atom. The van der Waals surface area contributed by atoms with Crippen LogP contribution >= 0.6 is 11.8 Å². The molecule has 0 heterocycles. The highest BCUT2D eigenvalue weighted by Crippen LogP contribution is 2.22. The maximum Gasteiger partial charge on any atom is 0.137 e. The van der Waals surface area contributed by atoms with Crippen molar-refractivity contribution in [2.45, 2.75) is 11.5 Å². The second kappa shape index (κ2) is 5.21. The van der Waals surface area contributed by atoms with Gasteiger partial charge in [0.05, 0.1) is 13.2 Å². The van der Waals surface area contributed by atoms with Gasteiger partial charge in [-0.05, 0) is 17.7 Å².